The molecule has 0 heterocycles. The summed E-state index contributed by atoms with van der Waals surface area (Å²) in [6.45, 7) is 2.35. The Bertz CT molecular complexity index is 487. The minimum absolute atomic E-state index is 0.0821. The molecule has 0 aliphatic carbocycles. The first-order valence-corrected chi connectivity index (χ1v) is 13.4. The van der Waals surface area contributed by atoms with E-state index in [0.717, 1.165) is 12.8 Å². The molecular formula is C27H53NO4. The Morgan fingerprint density at radius 2 is 1.03 bits per heavy atom. The highest BCUT2D eigenvalue weighted by Crippen LogP contribution is 2.20. The molecule has 0 amide bonds. The van der Waals surface area contributed by atoms with Gasteiger partial charge in [-0.25, -0.2) is 0 Å². The first-order chi connectivity index (χ1) is 15.1. The summed E-state index contributed by atoms with van der Waals surface area (Å²) in [5, 5.41) is 21.6. The lowest BCUT2D eigenvalue weighted by Gasteiger charge is -2.34. The molecule has 0 spiro atoms. The van der Waals surface area contributed by atoms with Gasteiger partial charge in [-0.1, -0.05) is 110 Å². The molecule has 0 unspecified atom stereocenters. The van der Waals surface area contributed by atoms with Gasteiger partial charge in [-0.05, 0) is 6.42 Å². The van der Waals surface area contributed by atoms with Gasteiger partial charge in [-0.3, -0.25) is 4.79 Å². The van der Waals surface area contributed by atoms with Crippen molar-refractivity contribution >= 4 is 11.8 Å². The third kappa shape index (κ3) is 18.6. The second-order valence-corrected chi connectivity index (χ2v) is 10.9. The number of hydrogen-bond acceptors (Lipinski definition) is 4. The van der Waals surface area contributed by atoms with Crippen LogP contribution in [0.1, 0.15) is 129 Å². The van der Waals surface area contributed by atoms with Crippen LogP contribution in [-0.4, -0.2) is 54.6 Å². The Morgan fingerprint density at radius 1 is 0.688 bits per heavy atom. The monoisotopic (exact) mass is 455 g/mol. The van der Waals surface area contributed by atoms with Gasteiger partial charge < -0.3 is 19.5 Å². The minimum Gasteiger partial charge on any atom is -0.550 e. The summed E-state index contributed by atoms with van der Waals surface area (Å²) in [6, 6.07) is 0. The topological polar surface area (TPSA) is 77.4 Å². The van der Waals surface area contributed by atoms with Gasteiger partial charge in [0.1, 0.15) is 6.54 Å². The maximum atomic E-state index is 12.5. The standard InChI is InChI=1S/C27H53NO4/c1-5-6-7-8-9-10-11-12-13-14-15-16-17-18-19-20-21-22-25(29)27(32,23-26(30)31)24-28(2,3)4/h32H,5-24H2,1-4H3/t27-/m1/s1. The largest absolute Gasteiger partial charge is 0.550 e. The van der Waals surface area contributed by atoms with Crippen molar-refractivity contribution < 1.29 is 24.3 Å². The fourth-order valence-corrected chi connectivity index (χ4v) is 4.51. The summed E-state index contributed by atoms with van der Waals surface area (Å²) >= 11 is 0. The van der Waals surface area contributed by atoms with Crippen molar-refractivity contribution in [2.75, 3.05) is 27.7 Å². The molecule has 190 valence electrons. The van der Waals surface area contributed by atoms with Crippen LogP contribution in [0.3, 0.4) is 0 Å². The minimum atomic E-state index is -1.83. The number of aliphatic carboxylic acids is 1. The molecule has 32 heavy (non-hydrogen) atoms. The molecule has 0 aromatic rings. The maximum Gasteiger partial charge on any atom is 0.177 e. The van der Waals surface area contributed by atoms with Crippen molar-refractivity contribution in [2.24, 2.45) is 0 Å². The predicted octanol–water partition coefficient (Wildman–Crippen LogP) is 5.17. The Kier molecular flexibility index (Phi) is 17.9. The third-order valence-electron chi connectivity index (χ3n) is 6.20. The molecule has 5 nitrogen and oxygen atoms in total. The van der Waals surface area contributed by atoms with Crippen LogP contribution in [0, 0.1) is 0 Å². The second-order valence-electron chi connectivity index (χ2n) is 10.9. The number of carbonyl (C=O) groups excluding carboxylic acids is 2. The molecular weight excluding hydrogens is 402 g/mol. The fourth-order valence-electron chi connectivity index (χ4n) is 4.51. The molecule has 0 saturated carbocycles. The quantitative estimate of drug-likeness (QED) is 0.170. The van der Waals surface area contributed by atoms with Crippen LogP contribution < -0.4 is 5.11 Å². The average Bonchev–Trinajstić information content (AvgIpc) is 2.68. The lowest BCUT2D eigenvalue weighted by molar-refractivity contribution is -0.875. The van der Waals surface area contributed by atoms with Gasteiger partial charge in [0, 0.05) is 18.8 Å². The summed E-state index contributed by atoms with van der Waals surface area (Å²) in [4.78, 5) is 23.5. The summed E-state index contributed by atoms with van der Waals surface area (Å²) in [5.74, 6) is -1.74. The third-order valence-corrected chi connectivity index (χ3v) is 6.20. The average molecular weight is 456 g/mol. The van der Waals surface area contributed by atoms with E-state index in [4.69, 9.17) is 0 Å². The molecule has 1 atom stereocenters. The highest BCUT2D eigenvalue weighted by molar-refractivity contribution is 5.90. The molecule has 5 heteroatoms. The lowest BCUT2D eigenvalue weighted by atomic mass is 9.89. The van der Waals surface area contributed by atoms with Crippen molar-refractivity contribution in [3.8, 4) is 0 Å². The number of rotatable bonds is 23. The molecule has 0 radical (unpaired) electrons. The van der Waals surface area contributed by atoms with Crippen LogP contribution in [0.25, 0.3) is 0 Å². The smallest absolute Gasteiger partial charge is 0.177 e. The predicted molar refractivity (Wildman–Crippen MR) is 131 cm³/mol. The summed E-state index contributed by atoms with van der Waals surface area (Å²) in [5.41, 5.74) is -1.83. The number of Topliss-reactive ketones (excluding diaryl/α,β-unsaturated/α-hetero) is 1. The Balaban J connectivity index is 3.66. The van der Waals surface area contributed by atoms with E-state index in [9.17, 15) is 19.8 Å². The molecule has 0 bridgehead atoms. The number of hydrogen-bond donors (Lipinski definition) is 1. The molecule has 0 saturated heterocycles. The maximum absolute atomic E-state index is 12.5. The van der Waals surface area contributed by atoms with Crippen LogP contribution in [0.15, 0.2) is 0 Å². The Morgan fingerprint density at radius 3 is 1.34 bits per heavy atom. The van der Waals surface area contributed by atoms with E-state index in [2.05, 4.69) is 6.92 Å². The first-order valence-electron chi connectivity index (χ1n) is 13.4. The fraction of sp³-hybridized carbons (Fsp3) is 0.926. The molecule has 0 aromatic heterocycles. The number of ketones is 1. The van der Waals surface area contributed by atoms with Crippen LogP contribution in [0.4, 0.5) is 0 Å². The lowest BCUT2D eigenvalue weighted by Crippen LogP contribution is -2.56. The number of carboxylic acid groups (broad SMARTS) is 1. The van der Waals surface area contributed by atoms with Gasteiger partial charge in [0.05, 0.1) is 21.1 Å². The molecule has 0 fully saturated rings. The highest BCUT2D eigenvalue weighted by atomic mass is 16.4. The molecule has 0 aliphatic rings. The molecule has 1 N–H and O–H groups in total. The van der Waals surface area contributed by atoms with Crippen molar-refractivity contribution in [1.29, 1.82) is 0 Å². The van der Waals surface area contributed by atoms with E-state index >= 15 is 0 Å². The molecule has 0 aromatic carbocycles. The van der Waals surface area contributed by atoms with Crippen LogP contribution in [-0.2, 0) is 9.59 Å². The zero-order valence-electron chi connectivity index (χ0n) is 21.8. The van der Waals surface area contributed by atoms with Crippen molar-refractivity contribution in [1.82, 2.24) is 0 Å². The zero-order chi connectivity index (χ0) is 24.3. The van der Waals surface area contributed by atoms with Crippen molar-refractivity contribution in [3.63, 3.8) is 0 Å². The first kappa shape index (κ1) is 31.1. The van der Waals surface area contributed by atoms with Gasteiger partial charge in [0.2, 0.25) is 0 Å². The summed E-state index contributed by atoms with van der Waals surface area (Å²) < 4.78 is 0.328. The van der Waals surface area contributed by atoms with Gasteiger partial charge in [-0.2, -0.15) is 0 Å². The normalized spacial score (nSPS) is 13.8. The molecule has 0 aliphatic heterocycles. The van der Waals surface area contributed by atoms with Gasteiger partial charge in [-0.15, -0.1) is 0 Å². The second kappa shape index (κ2) is 18.5. The molecule has 0 rings (SSSR count). The van der Waals surface area contributed by atoms with Gasteiger partial charge >= 0.3 is 0 Å². The van der Waals surface area contributed by atoms with Gasteiger partial charge in [0.25, 0.3) is 0 Å². The highest BCUT2D eigenvalue weighted by Gasteiger charge is 2.40. The summed E-state index contributed by atoms with van der Waals surface area (Å²) in [6.07, 6.45) is 21.3. The van der Waals surface area contributed by atoms with Crippen LogP contribution in [0.2, 0.25) is 0 Å². The van der Waals surface area contributed by atoms with E-state index < -0.39 is 18.0 Å². The van der Waals surface area contributed by atoms with Crippen molar-refractivity contribution in [2.45, 2.75) is 135 Å². The zero-order valence-corrected chi connectivity index (χ0v) is 21.8. The number of carbonyl (C=O) groups is 2. The Hall–Kier alpha value is -0.940. The van der Waals surface area contributed by atoms with Gasteiger partial charge in [0.15, 0.2) is 11.4 Å². The van der Waals surface area contributed by atoms with Crippen molar-refractivity contribution in [3.05, 3.63) is 0 Å². The van der Waals surface area contributed by atoms with E-state index in [-0.39, 0.29) is 18.7 Å². The number of nitrogens with zero attached hydrogens (tertiary/aromatic N) is 1. The van der Waals surface area contributed by atoms with Crippen LogP contribution in [0.5, 0.6) is 0 Å². The van der Waals surface area contributed by atoms with E-state index in [1.807, 2.05) is 21.1 Å². The van der Waals surface area contributed by atoms with E-state index in [0.29, 0.717) is 10.9 Å². The summed E-state index contributed by atoms with van der Waals surface area (Å²) in [7, 11) is 5.51. The van der Waals surface area contributed by atoms with E-state index in [1.54, 1.807) is 0 Å². The number of unbranched alkanes of at least 4 members (excludes halogenated alkanes) is 16. The van der Waals surface area contributed by atoms with E-state index in [1.165, 1.54) is 89.9 Å². The number of carboxylic acids is 1. The number of likely N-dealkylation sites (N-methyl/N-ethyl adjacent to an activating group) is 1. The van der Waals surface area contributed by atoms with Crippen LogP contribution >= 0.6 is 0 Å². The number of aliphatic hydroxyl groups is 1. The number of quaternary nitrogens is 1. The SMILES string of the molecule is CCCCCCCCCCCCCCCCCCCC(=O)[C@@](O)(CC(=O)[O-])C[N+](C)(C)C. The Labute approximate surface area is 198 Å².